The van der Waals surface area contributed by atoms with Gasteiger partial charge in [-0.2, -0.15) is 0 Å². The highest BCUT2D eigenvalue weighted by Gasteiger charge is 2.02. The molecule has 0 aliphatic heterocycles. The average Bonchev–Trinajstić information content (AvgIpc) is 2.42. The van der Waals surface area contributed by atoms with Crippen LogP contribution < -0.4 is 11.1 Å². The van der Waals surface area contributed by atoms with E-state index in [2.05, 4.69) is 74.2 Å². The number of halogens is 2. The summed E-state index contributed by atoms with van der Waals surface area (Å²) in [4.78, 5) is 0. The van der Waals surface area contributed by atoms with Crippen LogP contribution >= 0.6 is 38.5 Å². The summed E-state index contributed by atoms with van der Waals surface area (Å²) in [6.07, 6.45) is 0. The van der Waals surface area contributed by atoms with Crippen molar-refractivity contribution in [1.82, 2.24) is 0 Å². The van der Waals surface area contributed by atoms with E-state index >= 15 is 0 Å². The number of hydrogen-bond donors (Lipinski definition) is 2. The quantitative estimate of drug-likeness (QED) is 0.407. The number of fused-ring (bicyclic) bond motifs is 1. The van der Waals surface area contributed by atoms with E-state index in [0.29, 0.717) is 0 Å². The molecule has 0 saturated heterocycles. The van der Waals surface area contributed by atoms with E-state index in [9.17, 15) is 0 Å². The highest BCUT2D eigenvalue weighted by Crippen LogP contribution is 2.28. The summed E-state index contributed by atoms with van der Waals surface area (Å²) in [5, 5.41) is 5.77. The maximum Gasteiger partial charge on any atom is 0.0618 e. The standard InChI is InChI=1S/C16H12BrIN2/c17-12-3-1-11-8-14(5-2-10(11)7-12)20-16-6-4-13(18)9-15(16)19/h1-9,20H,19H2. The first-order valence-corrected chi connectivity index (χ1v) is 8.00. The Hall–Kier alpha value is -1.27. The Morgan fingerprint density at radius 1 is 0.900 bits per heavy atom. The number of nitrogens with one attached hydrogen (secondary N) is 1. The fraction of sp³-hybridized carbons (Fsp3) is 0. The molecule has 3 aromatic carbocycles. The molecule has 20 heavy (non-hydrogen) atoms. The van der Waals surface area contributed by atoms with Crippen molar-refractivity contribution in [2.75, 3.05) is 11.1 Å². The number of rotatable bonds is 2. The summed E-state index contributed by atoms with van der Waals surface area (Å²) in [6, 6.07) is 18.5. The molecule has 100 valence electrons. The maximum absolute atomic E-state index is 6.03. The molecule has 0 unspecified atom stereocenters. The van der Waals surface area contributed by atoms with Gasteiger partial charge in [0.05, 0.1) is 11.4 Å². The lowest BCUT2D eigenvalue weighted by Crippen LogP contribution is -1.96. The summed E-state index contributed by atoms with van der Waals surface area (Å²) in [7, 11) is 0. The molecule has 0 amide bonds. The van der Waals surface area contributed by atoms with Crippen LogP contribution in [0.1, 0.15) is 0 Å². The second-order valence-electron chi connectivity index (χ2n) is 4.56. The number of benzene rings is 3. The predicted octanol–water partition coefficient (Wildman–Crippen LogP) is 5.53. The first kappa shape index (κ1) is 13.7. The molecule has 4 heteroatoms. The van der Waals surface area contributed by atoms with Gasteiger partial charge in [-0.25, -0.2) is 0 Å². The van der Waals surface area contributed by atoms with Gasteiger partial charge in [0.1, 0.15) is 0 Å². The van der Waals surface area contributed by atoms with Crippen molar-refractivity contribution < 1.29 is 0 Å². The molecule has 0 heterocycles. The zero-order valence-electron chi connectivity index (χ0n) is 10.5. The van der Waals surface area contributed by atoms with E-state index < -0.39 is 0 Å². The first-order chi connectivity index (χ1) is 9.61. The second kappa shape index (κ2) is 5.61. The first-order valence-electron chi connectivity index (χ1n) is 6.13. The second-order valence-corrected chi connectivity index (χ2v) is 6.72. The van der Waals surface area contributed by atoms with Crippen LogP contribution in [0, 0.1) is 3.57 Å². The molecule has 2 nitrogen and oxygen atoms in total. The predicted molar refractivity (Wildman–Crippen MR) is 98.5 cm³/mol. The molecule has 0 atom stereocenters. The van der Waals surface area contributed by atoms with Gasteiger partial charge in [-0.15, -0.1) is 0 Å². The van der Waals surface area contributed by atoms with Gasteiger partial charge in [0.2, 0.25) is 0 Å². The Kier molecular flexibility index (Phi) is 3.85. The van der Waals surface area contributed by atoms with Crippen molar-refractivity contribution in [3.63, 3.8) is 0 Å². The van der Waals surface area contributed by atoms with Gasteiger partial charge in [0.25, 0.3) is 0 Å². The molecule has 0 fully saturated rings. The van der Waals surface area contributed by atoms with Crippen LogP contribution in [0.5, 0.6) is 0 Å². The Labute approximate surface area is 139 Å². The molecule has 0 aliphatic carbocycles. The van der Waals surface area contributed by atoms with Crippen molar-refractivity contribution >= 4 is 66.4 Å². The summed E-state index contributed by atoms with van der Waals surface area (Å²) in [6.45, 7) is 0. The fourth-order valence-electron chi connectivity index (χ4n) is 2.10. The van der Waals surface area contributed by atoms with Crippen LogP contribution in [-0.2, 0) is 0 Å². The van der Waals surface area contributed by atoms with E-state index in [0.717, 1.165) is 25.1 Å². The van der Waals surface area contributed by atoms with Gasteiger partial charge in [0.15, 0.2) is 0 Å². The minimum absolute atomic E-state index is 0.757. The summed E-state index contributed by atoms with van der Waals surface area (Å²) in [5.41, 5.74) is 8.75. The molecule has 3 N–H and O–H groups in total. The largest absolute Gasteiger partial charge is 0.397 e. The van der Waals surface area contributed by atoms with Gasteiger partial charge in [-0.05, 0) is 75.8 Å². The Balaban J connectivity index is 1.96. The highest BCUT2D eigenvalue weighted by atomic mass is 127. The molecule has 0 aromatic heterocycles. The molecule has 0 saturated carbocycles. The van der Waals surface area contributed by atoms with Gasteiger partial charge < -0.3 is 11.1 Å². The van der Waals surface area contributed by atoms with Gasteiger partial charge in [0, 0.05) is 13.7 Å². The SMILES string of the molecule is Nc1cc(I)ccc1Nc1ccc2cc(Br)ccc2c1. The smallest absolute Gasteiger partial charge is 0.0618 e. The molecule has 0 radical (unpaired) electrons. The number of anilines is 3. The minimum atomic E-state index is 0.757. The third-order valence-corrected chi connectivity index (χ3v) is 4.26. The van der Waals surface area contributed by atoms with E-state index in [-0.39, 0.29) is 0 Å². The van der Waals surface area contributed by atoms with Crippen LogP contribution in [0.2, 0.25) is 0 Å². The summed E-state index contributed by atoms with van der Waals surface area (Å²) >= 11 is 5.74. The van der Waals surface area contributed by atoms with Crippen LogP contribution in [-0.4, -0.2) is 0 Å². The molecule has 0 aliphatic rings. The van der Waals surface area contributed by atoms with Crippen LogP contribution in [0.3, 0.4) is 0 Å². The third kappa shape index (κ3) is 2.91. The Bertz CT molecular complexity index is 787. The monoisotopic (exact) mass is 438 g/mol. The van der Waals surface area contributed by atoms with E-state index in [4.69, 9.17) is 5.73 Å². The summed E-state index contributed by atoms with van der Waals surface area (Å²) in [5.74, 6) is 0. The zero-order valence-corrected chi connectivity index (χ0v) is 14.3. The highest BCUT2D eigenvalue weighted by molar-refractivity contribution is 14.1. The number of nitrogen functional groups attached to an aromatic ring is 1. The molecule has 3 aromatic rings. The van der Waals surface area contributed by atoms with Crippen LogP contribution in [0.15, 0.2) is 59.1 Å². The molecular formula is C16H12BrIN2. The van der Waals surface area contributed by atoms with Crippen LogP contribution in [0.4, 0.5) is 17.1 Å². The average molecular weight is 439 g/mol. The molecule has 0 spiro atoms. The molecule has 3 rings (SSSR count). The van der Waals surface area contributed by atoms with Crippen molar-refractivity contribution in [1.29, 1.82) is 0 Å². The van der Waals surface area contributed by atoms with E-state index in [1.807, 2.05) is 24.3 Å². The van der Waals surface area contributed by atoms with Crippen LogP contribution in [0.25, 0.3) is 10.8 Å². The number of hydrogen-bond acceptors (Lipinski definition) is 2. The van der Waals surface area contributed by atoms with Gasteiger partial charge >= 0.3 is 0 Å². The van der Waals surface area contributed by atoms with E-state index in [1.165, 1.54) is 10.8 Å². The van der Waals surface area contributed by atoms with Crippen molar-refractivity contribution in [2.45, 2.75) is 0 Å². The topological polar surface area (TPSA) is 38.0 Å². The zero-order chi connectivity index (χ0) is 14.1. The summed E-state index contributed by atoms with van der Waals surface area (Å²) < 4.78 is 2.22. The number of nitrogens with two attached hydrogens (primary N) is 1. The van der Waals surface area contributed by atoms with E-state index in [1.54, 1.807) is 0 Å². The lowest BCUT2D eigenvalue weighted by atomic mass is 10.1. The van der Waals surface area contributed by atoms with Crippen molar-refractivity contribution in [3.05, 3.63) is 62.6 Å². The molecule has 0 bridgehead atoms. The molecular weight excluding hydrogens is 427 g/mol. The maximum atomic E-state index is 6.03. The fourth-order valence-corrected chi connectivity index (χ4v) is 2.99. The van der Waals surface area contributed by atoms with Crippen molar-refractivity contribution in [2.24, 2.45) is 0 Å². The third-order valence-electron chi connectivity index (χ3n) is 3.09. The normalized spacial score (nSPS) is 10.7. The Morgan fingerprint density at radius 3 is 2.45 bits per heavy atom. The van der Waals surface area contributed by atoms with Crippen molar-refractivity contribution in [3.8, 4) is 0 Å². The Morgan fingerprint density at radius 2 is 1.65 bits per heavy atom. The van der Waals surface area contributed by atoms with Gasteiger partial charge in [-0.1, -0.05) is 28.1 Å². The lowest BCUT2D eigenvalue weighted by Gasteiger charge is -2.10. The minimum Gasteiger partial charge on any atom is -0.397 e. The lowest BCUT2D eigenvalue weighted by molar-refractivity contribution is 1.54. The van der Waals surface area contributed by atoms with Gasteiger partial charge in [-0.3, -0.25) is 0 Å².